The number of aryl methyl sites for hydroxylation is 1. The predicted octanol–water partition coefficient (Wildman–Crippen LogP) is 5.12. The first-order valence-electron chi connectivity index (χ1n) is 10.4. The number of oxazole rings is 1. The summed E-state index contributed by atoms with van der Waals surface area (Å²) in [5, 5.41) is 3.43. The SMILES string of the molecule is COC(=O)c1ccc(-c2nc(CSC3CCC(NC(=O)OC(C)(C)C)C3)c(C)o2)cc1. The number of benzene rings is 1. The highest BCUT2D eigenvalue weighted by Crippen LogP contribution is 2.33. The summed E-state index contributed by atoms with van der Waals surface area (Å²) in [7, 11) is 1.36. The van der Waals surface area contributed by atoms with Crippen LogP contribution in [-0.2, 0) is 15.2 Å². The van der Waals surface area contributed by atoms with Crippen LogP contribution in [0.2, 0.25) is 0 Å². The number of nitrogens with zero attached hydrogens (tertiary/aromatic N) is 1. The van der Waals surface area contributed by atoms with Gasteiger partial charge in [-0.2, -0.15) is 11.8 Å². The minimum Gasteiger partial charge on any atom is -0.465 e. The molecule has 1 heterocycles. The summed E-state index contributed by atoms with van der Waals surface area (Å²) < 4.78 is 15.9. The lowest BCUT2D eigenvalue weighted by molar-refractivity contribution is 0.0504. The molecule has 31 heavy (non-hydrogen) atoms. The highest BCUT2D eigenvalue weighted by atomic mass is 32.2. The van der Waals surface area contributed by atoms with Gasteiger partial charge in [0, 0.05) is 22.6 Å². The second kappa shape index (κ2) is 9.77. The van der Waals surface area contributed by atoms with Crippen molar-refractivity contribution in [1.82, 2.24) is 10.3 Å². The Balaban J connectivity index is 1.52. The van der Waals surface area contributed by atoms with Crippen LogP contribution in [0.25, 0.3) is 11.5 Å². The maximum atomic E-state index is 12.0. The number of hydrogen-bond acceptors (Lipinski definition) is 7. The van der Waals surface area contributed by atoms with E-state index >= 15 is 0 Å². The van der Waals surface area contributed by atoms with Crippen molar-refractivity contribution in [2.45, 2.75) is 69.6 Å². The van der Waals surface area contributed by atoms with Gasteiger partial charge in [0.1, 0.15) is 11.4 Å². The van der Waals surface area contributed by atoms with E-state index in [-0.39, 0.29) is 18.1 Å². The summed E-state index contributed by atoms with van der Waals surface area (Å²) in [5.41, 5.74) is 1.73. The van der Waals surface area contributed by atoms with E-state index in [1.807, 2.05) is 39.5 Å². The average molecular weight is 447 g/mol. The van der Waals surface area contributed by atoms with Gasteiger partial charge < -0.3 is 19.2 Å². The molecule has 2 atom stereocenters. The van der Waals surface area contributed by atoms with Crippen molar-refractivity contribution in [1.29, 1.82) is 0 Å². The van der Waals surface area contributed by atoms with Crippen molar-refractivity contribution in [2.75, 3.05) is 7.11 Å². The number of hydrogen-bond donors (Lipinski definition) is 1. The molecule has 1 aromatic carbocycles. The number of carbonyl (C=O) groups is 2. The lowest BCUT2D eigenvalue weighted by Gasteiger charge is -2.21. The molecule has 1 amide bonds. The van der Waals surface area contributed by atoms with Crippen molar-refractivity contribution < 1.29 is 23.5 Å². The summed E-state index contributed by atoms with van der Waals surface area (Å²) in [6.45, 7) is 7.50. The molecule has 1 fully saturated rings. The monoisotopic (exact) mass is 446 g/mol. The number of esters is 1. The Morgan fingerprint density at radius 3 is 2.58 bits per heavy atom. The van der Waals surface area contributed by atoms with E-state index in [2.05, 4.69) is 10.3 Å². The number of rotatable bonds is 6. The van der Waals surface area contributed by atoms with E-state index in [0.29, 0.717) is 16.7 Å². The van der Waals surface area contributed by atoms with Gasteiger partial charge in [-0.25, -0.2) is 14.6 Å². The van der Waals surface area contributed by atoms with Crippen LogP contribution in [0, 0.1) is 6.92 Å². The third-order valence-corrected chi connectivity index (χ3v) is 6.35. The highest BCUT2D eigenvalue weighted by molar-refractivity contribution is 7.99. The molecule has 0 aliphatic heterocycles. The number of amides is 1. The molecule has 0 spiro atoms. The molecular formula is C23H30N2O5S. The fourth-order valence-electron chi connectivity index (χ4n) is 3.45. The molecule has 0 radical (unpaired) electrons. The van der Waals surface area contributed by atoms with Crippen LogP contribution in [0.4, 0.5) is 4.79 Å². The molecular weight excluding hydrogens is 416 g/mol. The van der Waals surface area contributed by atoms with Gasteiger partial charge in [0.15, 0.2) is 0 Å². The van der Waals surface area contributed by atoms with Crippen molar-refractivity contribution >= 4 is 23.8 Å². The van der Waals surface area contributed by atoms with Crippen molar-refractivity contribution in [3.8, 4) is 11.5 Å². The van der Waals surface area contributed by atoms with Crippen molar-refractivity contribution in [3.63, 3.8) is 0 Å². The van der Waals surface area contributed by atoms with Gasteiger partial charge in [0.2, 0.25) is 5.89 Å². The molecule has 7 nitrogen and oxygen atoms in total. The quantitative estimate of drug-likeness (QED) is 0.616. The fourth-order valence-corrected chi connectivity index (χ4v) is 4.78. The lowest BCUT2D eigenvalue weighted by Crippen LogP contribution is -2.38. The van der Waals surface area contributed by atoms with Gasteiger partial charge in [-0.3, -0.25) is 0 Å². The van der Waals surface area contributed by atoms with Gasteiger partial charge in [0.05, 0.1) is 18.4 Å². The minimum atomic E-state index is -0.487. The number of thioether (sulfide) groups is 1. The molecule has 8 heteroatoms. The van der Waals surface area contributed by atoms with E-state index in [4.69, 9.17) is 13.9 Å². The molecule has 2 unspecified atom stereocenters. The maximum absolute atomic E-state index is 12.0. The summed E-state index contributed by atoms with van der Waals surface area (Å²) in [6, 6.07) is 7.16. The third kappa shape index (κ3) is 6.50. The van der Waals surface area contributed by atoms with Crippen LogP contribution in [0.1, 0.15) is 61.8 Å². The van der Waals surface area contributed by atoms with Gasteiger partial charge in [0.25, 0.3) is 0 Å². The number of ether oxygens (including phenoxy) is 2. The van der Waals surface area contributed by atoms with Crippen LogP contribution < -0.4 is 5.32 Å². The predicted molar refractivity (Wildman–Crippen MR) is 120 cm³/mol. The number of nitrogens with one attached hydrogen (secondary N) is 1. The highest BCUT2D eigenvalue weighted by Gasteiger charge is 2.28. The van der Waals surface area contributed by atoms with Crippen molar-refractivity contribution in [2.24, 2.45) is 0 Å². The standard InChI is InChI=1S/C23H30N2O5S/c1-14-19(25-20(29-14)15-6-8-16(9-7-15)21(26)28-5)13-31-18-11-10-17(12-18)24-22(27)30-23(2,3)4/h6-9,17-18H,10-13H2,1-5H3,(H,24,27). The number of carbonyl (C=O) groups excluding carboxylic acids is 2. The number of methoxy groups -OCH3 is 1. The third-order valence-electron chi connectivity index (χ3n) is 5.01. The van der Waals surface area contributed by atoms with E-state index in [0.717, 1.165) is 42.0 Å². The van der Waals surface area contributed by atoms with Crippen LogP contribution in [0.5, 0.6) is 0 Å². The Bertz CT molecular complexity index is 917. The average Bonchev–Trinajstić information content (AvgIpc) is 3.30. The topological polar surface area (TPSA) is 90.7 Å². The van der Waals surface area contributed by atoms with E-state index in [1.54, 1.807) is 24.3 Å². The molecule has 1 aliphatic carbocycles. The smallest absolute Gasteiger partial charge is 0.407 e. The molecule has 3 rings (SSSR count). The molecule has 1 saturated carbocycles. The molecule has 1 aromatic heterocycles. The van der Waals surface area contributed by atoms with Crippen LogP contribution in [-0.4, -0.2) is 41.0 Å². The Kier molecular flexibility index (Phi) is 7.30. The zero-order valence-electron chi connectivity index (χ0n) is 18.7. The van der Waals surface area contributed by atoms with E-state index in [9.17, 15) is 9.59 Å². The van der Waals surface area contributed by atoms with Gasteiger partial charge >= 0.3 is 12.1 Å². The molecule has 1 N–H and O–H groups in total. The summed E-state index contributed by atoms with van der Waals surface area (Å²) in [4.78, 5) is 28.2. The molecule has 1 aliphatic rings. The van der Waals surface area contributed by atoms with Crippen LogP contribution in [0.3, 0.4) is 0 Å². The zero-order chi connectivity index (χ0) is 22.6. The van der Waals surface area contributed by atoms with E-state index < -0.39 is 5.60 Å². The lowest BCUT2D eigenvalue weighted by atomic mass is 10.1. The molecule has 0 saturated heterocycles. The maximum Gasteiger partial charge on any atom is 0.407 e. The van der Waals surface area contributed by atoms with Gasteiger partial charge in [-0.05, 0) is 71.2 Å². The Labute approximate surface area is 187 Å². The largest absolute Gasteiger partial charge is 0.465 e. The first kappa shape index (κ1) is 23.2. The van der Waals surface area contributed by atoms with Crippen LogP contribution in [0.15, 0.2) is 28.7 Å². The van der Waals surface area contributed by atoms with Gasteiger partial charge in [-0.1, -0.05) is 0 Å². The first-order valence-corrected chi connectivity index (χ1v) is 11.5. The molecule has 2 aromatic rings. The Morgan fingerprint density at radius 2 is 1.94 bits per heavy atom. The second-order valence-corrected chi connectivity index (χ2v) is 9.97. The van der Waals surface area contributed by atoms with Gasteiger partial charge in [-0.15, -0.1) is 0 Å². The summed E-state index contributed by atoms with van der Waals surface area (Å²) >= 11 is 1.84. The number of aromatic nitrogens is 1. The van der Waals surface area contributed by atoms with Crippen molar-refractivity contribution in [3.05, 3.63) is 41.3 Å². The number of alkyl carbamates (subject to hydrolysis) is 1. The zero-order valence-corrected chi connectivity index (χ0v) is 19.5. The Morgan fingerprint density at radius 1 is 1.23 bits per heavy atom. The molecule has 0 bridgehead atoms. The Hall–Kier alpha value is -2.48. The summed E-state index contributed by atoms with van der Waals surface area (Å²) in [6.07, 6.45) is 2.57. The first-order chi connectivity index (χ1) is 14.6. The fraction of sp³-hybridized carbons (Fsp3) is 0.522. The normalized spacial score (nSPS) is 18.6. The van der Waals surface area contributed by atoms with Crippen LogP contribution >= 0.6 is 11.8 Å². The minimum absolute atomic E-state index is 0.148. The van der Waals surface area contributed by atoms with E-state index in [1.165, 1.54) is 7.11 Å². The second-order valence-electron chi connectivity index (χ2n) is 8.68. The molecule has 168 valence electrons. The summed E-state index contributed by atoms with van der Waals surface area (Å²) in [5.74, 6) is 1.71.